The molecule has 1 nitrogen and oxygen atoms in total. The van der Waals surface area contributed by atoms with Gasteiger partial charge in [-0.3, -0.25) is 0 Å². The largest absolute Gasteiger partial charge is 0.321 e. The lowest BCUT2D eigenvalue weighted by atomic mass is 9.89. The van der Waals surface area contributed by atoms with Crippen LogP contribution in [0.4, 0.5) is 0 Å². The molecule has 0 bridgehead atoms. The van der Waals surface area contributed by atoms with Crippen molar-refractivity contribution >= 4 is 0 Å². The highest BCUT2D eigenvalue weighted by atomic mass is 14.6. The summed E-state index contributed by atoms with van der Waals surface area (Å²) in [5, 5.41) is 0. The van der Waals surface area contributed by atoms with Gasteiger partial charge in [0.15, 0.2) is 0 Å². The summed E-state index contributed by atoms with van der Waals surface area (Å²) in [6.07, 6.45) is 6.90. The predicted octanol–water partition coefficient (Wildman–Crippen LogP) is 2.75. The minimum absolute atomic E-state index is 0.0118. The summed E-state index contributed by atoms with van der Waals surface area (Å²) in [7, 11) is 0. The zero-order valence-corrected chi connectivity index (χ0v) is 8.50. The van der Waals surface area contributed by atoms with E-state index in [1.54, 1.807) is 6.08 Å². The molecule has 2 N–H and O–H groups in total. The summed E-state index contributed by atoms with van der Waals surface area (Å²) in [6, 6.07) is 6.60. The fourth-order valence-corrected chi connectivity index (χ4v) is 2.10. The lowest BCUT2D eigenvalue weighted by molar-refractivity contribution is 0.683. The molecular formula is C13H17N. The Balaban J connectivity index is 2.33. The Morgan fingerprint density at radius 1 is 1.21 bits per heavy atom. The second-order valence-corrected chi connectivity index (χ2v) is 4.00. The first kappa shape index (κ1) is 9.47. The monoisotopic (exact) mass is 187 g/mol. The second-order valence-electron chi connectivity index (χ2n) is 4.00. The molecule has 0 aromatic heterocycles. The first-order valence-electron chi connectivity index (χ1n) is 5.31. The summed E-state index contributed by atoms with van der Waals surface area (Å²) in [6.45, 7) is 3.72. The van der Waals surface area contributed by atoms with E-state index in [1.807, 2.05) is 0 Å². The Bertz CT molecular complexity index is 341. The van der Waals surface area contributed by atoms with Crippen LogP contribution in [0.15, 0.2) is 30.9 Å². The lowest BCUT2D eigenvalue weighted by Crippen LogP contribution is -2.09. The van der Waals surface area contributed by atoms with E-state index in [0.29, 0.717) is 0 Å². The smallest absolute Gasteiger partial charge is 0.0478 e. The zero-order valence-electron chi connectivity index (χ0n) is 8.50. The Morgan fingerprint density at radius 2 is 1.93 bits per heavy atom. The van der Waals surface area contributed by atoms with E-state index in [2.05, 4.69) is 24.8 Å². The fourth-order valence-electron chi connectivity index (χ4n) is 2.10. The Hall–Kier alpha value is -1.08. The van der Waals surface area contributed by atoms with Crippen molar-refractivity contribution in [3.05, 3.63) is 47.5 Å². The van der Waals surface area contributed by atoms with Gasteiger partial charge in [0.05, 0.1) is 0 Å². The molecule has 1 aromatic carbocycles. The number of rotatable bonds is 2. The van der Waals surface area contributed by atoms with Crippen molar-refractivity contribution in [1.29, 1.82) is 0 Å². The summed E-state index contributed by atoms with van der Waals surface area (Å²) < 4.78 is 0. The third-order valence-electron chi connectivity index (χ3n) is 3.01. The first-order chi connectivity index (χ1) is 6.81. The summed E-state index contributed by atoms with van der Waals surface area (Å²) in [4.78, 5) is 0. The molecule has 1 aromatic rings. The minimum atomic E-state index is -0.0118. The van der Waals surface area contributed by atoms with Crippen LogP contribution >= 0.6 is 0 Å². The molecule has 0 radical (unpaired) electrons. The van der Waals surface area contributed by atoms with E-state index in [-0.39, 0.29) is 6.04 Å². The summed E-state index contributed by atoms with van der Waals surface area (Å²) in [5.41, 5.74) is 10.1. The molecule has 0 unspecified atom stereocenters. The summed E-state index contributed by atoms with van der Waals surface area (Å²) in [5.74, 6) is 0. The number of aryl methyl sites for hydroxylation is 2. The molecule has 0 aliphatic heterocycles. The molecule has 74 valence electrons. The van der Waals surface area contributed by atoms with Gasteiger partial charge >= 0.3 is 0 Å². The van der Waals surface area contributed by atoms with Crippen LogP contribution in [0.3, 0.4) is 0 Å². The highest BCUT2D eigenvalue weighted by molar-refractivity contribution is 5.36. The molecule has 14 heavy (non-hydrogen) atoms. The predicted molar refractivity (Wildman–Crippen MR) is 60.2 cm³/mol. The lowest BCUT2D eigenvalue weighted by Gasteiger charge is -2.17. The molecule has 1 atom stereocenters. The van der Waals surface area contributed by atoms with E-state index in [4.69, 9.17) is 5.73 Å². The van der Waals surface area contributed by atoms with Crippen LogP contribution in [0.5, 0.6) is 0 Å². The standard InChI is InChI=1S/C13H17N/c1-2-13(14)12-8-7-10-5-3-4-6-11(10)9-12/h2,7-9,13H,1,3-6,14H2/t13-/m1/s1. The van der Waals surface area contributed by atoms with Gasteiger partial charge in [-0.05, 0) is 42.4 Å². The molecule has 1 aliphatic rings. The zero-order chi connectivity index (χ0) is 9.97. The van der Waals surface area contributed by atoms with E-state index >= 15 is 0 Å². The van der Waals surface area contributed by atoms with Crippen molar-refractivity contribution in [3.63, 3.8) is 0 Å². The molecule has 0 amide bonds. The molecule has 0 saturated carbocycles. The SMILES string of the molecule is C=C[C@@H](N)c1ccc2c(c1)CCCC2. The van der Waals surface area contributed by atoms with Crippen LogP contribution in [0, 0.1) is 0 Å². The van der Waals surface area contributed by atoms with Gasteiger partial charge in [-0.25, -0.2) is 0 Å². The van der Waals surface area contributed by atoms with Crippen LogP contribution in [0.1, 0.15) is 35.6 Å². The van der Waals surface area contributed by atoms with Crippen LogP contribution in [0.25, 0.3) is 0 Å². The maximum atomic E-state index is 5.91. The van der Waals surface area contributed by atoms with Crippen LogP contribution in [-0.4, -0.2) is 0 Å². The third kappa shape index (κ3) is 1.73. The Kier molecular flexibility index (Phi) is 2.69. The third-order valence-corrected chi connectivity index (χ3v) is 3.01. The number of hydrogen-bond acceptors (Lipinski definition) is 1. The number of hydrogen-bond donors (Lipinski definition) is 1. The van der Waals surface area contributed by atoms with E-state index in [9.17, 15) is 0 Å². The van der Waals surface area contributed by atoms with Gasteiger partial charge < -0.3 is 5.73 Å². The average molecular weight is 187 g/mol. The molecule has 0 heterocycles. The Morgan fingerprint density at radius 3 is 2.64 bits per heavy atom. The van der Waals surface area contributed by atoms with Crippen molar-refractivity contribution in [2.45, 2.75) is 31.7 Å². The number of fused-ring (bicyclic) bond motifs is 1. The van der Waals surface area contributed by atoms with Crippen molar-refractivity contribution in [2.24, 2.45) is 5.73 Å². The number of benzene rings is 1. The van der Waals surface area contributed by atoms with Gasteiger partial charge in [0.1, 0.15) is 0 Å². The van der Waals surface area contributed by atoms with Gasteiger partial charge in [0.25, 0.3) is 0 Å². The number of nitrogens with two attached hydrogens (primary N) is 1. The first-order valence-corrected chi connectivity index (χ1v) is 5.31. The molecular weight excluding hydrogens is 170 g/mol. The Labute approximate surface area is 85.6 Å². The van der Waals surface area contributed by atoms with E-state index in [1.165, 1.54) is 42.4 Å². The maximum Gasteiger partial charge on any atom is 0.0478 e. The van der Waals surface area contributed by atoms with Gasteiger partial charge in [-0.15, -0.1) is 6.58 Å². The average Bonchev–Trinajstić information content (AvgIpc) is 2.27. The van der Waals surface area contributed by atoms with Crippen molar-refractivity contribution in [2.75, 3.05) is 0 Å². The van der Waals surface area contributed by atoms with Crippen molar-refractivity contribution < 1.29 is 0 Å². The molecule has 0 spiro atoms. The fraction of sp³-hybridized carbons (Fsp3) is 0.385. The van der Waals surface area contributed by atoms with Crippen LogP contribution in [0.2, 0.25) is 0 Å². The highest BCUT2D eigenvalue weighted by Gasteiger charge is 2.10. The van der Waals surface area contributed by atoms with E-state index < -0.39 is 0 Å². The van der Waals surface area contributed by atoms with E-state index in [0.717, 1.165) is 0 Å². The highest BCUT2D eigenvalue weighted by Crippen LogP contribution is 2.24. The van der Waals surface area contributed by atoms with Gasteiger partial charge in [0, 0.05) is 6.04 Å². The van der Waals surface area contributed by atoms with Gasteiger partial charge in [0.2, 0.25) is 0 Å². The quantitative estimate of drug-likeness (QED) is 0.708. The molecule has 0 fully saturated rings. The molecule has 1 aliphatic carbocycles. The summed E-state index contributed by atoms with van der Waals surface area (Å²) >= 11 is 0. The topological polar surface area (TPSA) is 26.0 Å². The maximum absolute atomic E-state index is 5.91. The molecule has 0 saturated heterocycles. The minimum Gasteiger partial charge on any atom is -0.321 e. The van der Waals surface area contributed by atoms with Crippen LogP contribution in [-0.2, 0) is 12.8 Å². The van der Waals surface area contributed by atoms with Gasteiger partial charge in [-0.2, -0.15) is 0 Å². The van der Waals surface area contributed by atoms with Crippen molar-refractivity contribution in [1.82, 2.24) is 0 Å². The molecule has 1 heteroatoms. The normalized spacial score (nSPS) is 17.2. The van der Waals surface area contributed by atoms with Crippen molar-refractivity contribution in [3.8, 4) is 0 Å². The van der Waals surface area contributed by atoms with Crippen LogP contribution < -0.4 is 5.73 Å². The second kappa shape index (κ2) is 3.97. The van der Waals surface area contributed by atoms with Gasteiger partial charge in [-0.1, -0.05) is 24.3 Å². The molecule has 2 rings (SSSR count).